The quantitative estimate of drug-likeness (QED) is 0.625. The Bertz CT molecular complexity index is 972. The molecule has 2 fully saturated rings. The van der Waals surface area contributed by atoms with E-state index in [1.54, 1.807) is 4.90 Å². The van der Waals surface area contributed by atoms with Crippen molar-refractivity contribution in [3.63, 3.8) is 0 Å². The van der Waals surface area contributed by atoms with E-state index in [1.165, 1.54) is 11.0 Å². The van der Waals surface area contributed by atoms with Crippen molar-refractivity contribution in [3.05, 3.63) is 45.3 Å². The van der Waals surface area contributed by atoms with E-state index >= 15 is 0 Å². The second-order valence-corrected chi connectivity index (χ2v) is 7.57. The lowest BCUT2D eigenvalue weighted by atomic mass is 9.95. The van der Waals surface area contributed by atoms with Crippen molar-refractivity contribution < 1.29 is 14.0 Å². The van der Waals surface area contributed by atoms with Gasteiger partial charge in [0.05, 0.1) is 6.54 Å². The summed E-state index contributed by atoms with van der Waals surface area (Å²) in [5, 5.41) is 0.782. The topological polar surface area (TPSA) is 70.8 Å². The molecule has 2 heterocycles. The second-order valence-electron chi connectivity index (χ2n) is 7.57. The molecule has 136 valence electrons. The molecule has 26 heavy (non-hydrogen) atoms. The van der Waals surface area contributed by atoms with Crippen LogP contribution in [0.5, 0.6) is 0 Å². The van der Waals surface area contributed by atoms with Gasteiger partial charge in [-0.1, -0.05) is 13.8 Å². The molecular formula is C20H22N2O4. The molecule has 3 amide bonds. The molecule has 0 atom stereocenters. The zero-order valence-electron chi connectivity index (χ0n) is 15.2. The summed E-state index contributed by atoms with van der Waals surface area (Å²) in [6.45, 7) is 6.44. The van der Waals surface area contributed by atoms with Crippen molar-refractivity contribution in [2.24, 2.45) is 0 Å². The van der Waals surface area contributed by atoms with Crippen LogP contribution in [0.2, 0.25) is 0 Å². The molecule has 1 aliphatic carbocycles. The van der Waals surface area contributed by atoms with Crippen molar-refractivity contribution in [2.45, 2.75) is 52.1 Å². The van der Waals surface area contributed by atoms with E-state index in [4.69, 9.17) is 4.42 Å². The maximum atomic E-state index is 12.6. The van der Waals surface area contributed by atoms with Gasteiger partial charge in [0.15, 0.2) is 0 Å². The number of amides is 3. The van der Waals surface area contributed by atoms with Gasteiger partial charge in [0.2, 0.25) is 0 Å². The molecule has 0 unspecified atom stereocenters. The lowest BCUT2D eigenvalue weighted by Gasteiger charge is -2.18. The first kappa shape index (κ1) is 16.8. The molecule has 0 radical (unpaired) electrons. The van der Waals surface area contributed by atoms with Crippen molar-refractivity contribution in [1.82, 2.24) is 9.80 Å². The predicted octanol–water partition coefficient (Wildman–Crippen LogP) is 3.15. The fourth-order valence-electron chi connectivity index (χ4n) is 3.70. The van der Waals surface area contributed by atoms with Gasteiger partial charge >= 0.3 is 11.7 Å². The van der Waals surface area contributed by atoms with E-state index in [1.807, 2.05) is 19.1 Å². The van der Waals surface area contributed by atoms with Crippen LogP contribution in [0.15, 0.2) is 27.4 Å². The number of benzene rings is 1. The molecule has 1 saturated carbocycles. The van der Waals surface area contributed by atoms with E-state index in [-0.39, 0.29) is 31.1 Å². The van der Waals surface area contributed by atoms with E-state index in [0.29, 0.717) is 17.1 Å². The van der Waals surface area contributed by atoms with Crippen LogP contribution in [0, 0.1) is 6.92 Å². The summed E-state index contributed by atoms with van der Waals surface area (Å²) in [5.74, 6) is 0.110. The molecule has 1 aliphatic heterocycles. The Hall–Kier alpha value is -2.63. The first-order valence-electron chi connectivity index (χ1n) is 9.03. The van der Waals surface area contributed by atoms with Gasteiger partial charge in [-0.15, -0.1) is 0 Å². The second kappa shape index (κ2) is 5.97. The van der Waals surface area contributed by atoms with Gasteiger partial charge in [-0.3, -0.25) is 9.69 Å². The highest BCUT2D eigenvalue weighted by molar-refractivity contribution is 6.02. The van der Waals surface area contributed by atoms with Crippen LogP contribution >= 0.6 is 0 Å². The van der Waals surface area contributed by atoms with Gasteiger partial charge in [0, 0.05) is 17.5 Å². The third kappa shape index (κ3) is 2.79. The van der Waals surface area contributed by atoms with Crippen LogP contribution in [0.3, 0.4) is 0 Å². The first-order valence-corrected chi connectivity index (χ1v) is 9.03. The summed E-state index contributed by atoms with van der Waals surface area (Å²) in [6, 6.07) is 5.21. The summed E-state index contributed by atoms with van der Waals surface area (Å²) >= 11 is 0. The van der Waals surface area contributed by atoms with Crippen molar-refractivity contribution in [2.75, 3.05) is 6.54 Å². The van der Waals surface area contributed by atoms with Gasteiger partial charge in [-0.25, -0.2) is 9.59 Å². The number of fused-ring (bicyclic) bond motifs is 1. The number of aryl methyl sites for hydroxylation is 1. The van der Waals surface area contributed by atoms with Crippen LogP contribution in [-0.4, -0.2) is 34.3 Å². The minimum atomic E-state index is -0.470. The van der Waals surface area contributed by atoms with Crippen LogP contribution < -0.4 is 5.63 Å². The van der Waals surface area contributed by atoms with E-state index in [2.05, 4.69) is 13.8 Å². The van der Waals surface area contributed by atoms with Crippen LogP contribution in [0.4, 0.5) is 4.79 Å². The number of imide groups is 1. The standard InChI is InChI=1S/C20H22N2O4/c1-11(2)15-8-16-13(7-19(24)26-17(16)6-12(15)3)9-22-18(23)10-21(20(22)25)14-4-5-14/h6-8,11,14H,4-5,9-10H2,1-3H3. The molecule has 2 aliphatic rings. The zero-order chi connectivity index (χ0) is 18.6. The normalized spacial score (nSPS) is 17.8. The summed E-state index contributed by atoms with van der Waals surface area (Å²) in [7, 11) is 0. The Labute approximate surface area is 151 Å². The monoisotopic (exact) mass is 354 g/mol. The maximum Gasteiger partial charge on any atom is 0.336 e. The Balaban J connectivity index is 1.76. The Morgan fingerprint density at radius 2 is 1.88 bits per heavy atom. The molecule has 1 aromatic heterocycles. The van der Waals surface area contributed by atoms with Crippen LogP contribution in [0.1, 0.15) is 49.3 Å². The average molecular weight is 354 g/mol. The molecule has 6 heteroatoms. The number of urea groups is 1. The van der Waals surface area contributed by atoms with E-state index in [0.717, 1.165) is 29.4 Å². The summed E-state index contributed by atoms with van der Waals surface area (Å²) < 4.78 is 5.35. The van der Waals surface area contributed by atoms with Gasteiger partial charge in [0.25, 0.3) is 5.91 Å². The smallest absolute Gasteiger partial charge is 0.336 e. The fourth-order valence-corrected chi connectivity index (χ4v) is 3.70. The summed E-state index contributed by atoms with van der Waals surface area (Å²) in [5.41, 5.74) is 2.89. The molecule has 0 N–H and O–H groups in total. The Morgan fingerprint density at radius 1 is 1.15 bits per heavy atom. The largest absolute Gasteiger partial charge is 0.423 e. The van der Waals surface area contributed by atoms with Crippen molar-refractivity contribution in [3.8, 4) is 0 Å². The van der Waals surface area contributed by atoms with E-state index in [9.17, 15) is 14.4 Å². The number of hydrogen-bond acceptors (Lipinski definition) is 4. The number of nitrogens with zero attached hydrogens (tertiary/aromatic N) is 2. The molecule has 0 spiro atoms. The number of carbonyl (C=O) groups is 2. The summed E-state index contributed by atoms with van der Waals surface area (Å²) in [6.07, 6.45) is 1.92. The van der Waals surface area contributed by atoms with Gasteiger partial charge in [0.1, 0.15) is 12.1 Å². The SMILES string of the molecule is Cc1cc2oc(=O)cc(CN3C(=O)CN(C4CC4)C3=O)c2cc1C(C)C. The van der Waals surface area contributed by atoms with Crippen molar-refractivity contribution in [1.29, 1.82) is 0 Å². The Kier molecular flexibility index (Phi) is 3.86. The molecule has 6 nitrogen and oxygen atoms in total. The zero-order valence-corrected chi connectivity index (χ0v) is 15.2. The maximum absolute atomic E-state index is 12.6. The fraction of sp³-hybridized carbons (Fsp3) is 0.450. The third-order valence-electron chi connectivity index (χ3n) is 5.24. The van der Waals surface area contributed by atoms with Gasteiger partial charge < -0.3 is 9.32 Å². The third-order valence-corrected chi connectivity index (χ3v) is 5.24. The van der Waals surface area contributed by atoms with Crippen molar-refractivity contribution >= 4 is 22.9 Å². The predicted molar refractivity (Wildman–Crippen MR) is 97.0 cm³/mol. The first-order chi connectivity index (χ1) is 12.3. The lowest BCUT2D eigenvalue weighted by molar-refractivity contribution is -0.125. The van der Waals surface area contributed by atoms with E-state index < -0.39 is 5.63 Å². The minimum absolute atomic E-state index is 0.101. The summed E-state index contributed by atoms with van der Waals surface area (Å²) in [4.78, 5) is 39.8. The lowest BCUT2D eigenvalue weighted by Crippen LogP contribution is -2.33. The van der Waals surface area contributed by atoms with Crippen LogP contribution in [-0.2, 0) is 11.3 Å². The molecular weight excluding hydrogens is 332 g/mol. The highest BCUT2D eigenvalue weighted by Crippen LogP contribution is 2.32. The number of rotatable bonds is 4. The van der Waals surface area contributed by atoms with Gasteiger partial charge in [-0.2, -0.15) is 0 Å². The molecule has 0 bridgehead atoms. The minimum Gasteiger partial charge on any atom is -0.423 e. The van der Waals surface area contributed by atoms with Gasteiger partial charge in [-0.05, 0) is 54.5 Å². The number of carbonyl (C=O) groups excluding carboxylic acids is 2. The molecule has 4 rings (SSSR count). The Morgan fingerprint density at radius 3 is 2.54 bits per heavy atom. The average Bonchev–Trinajstić information content (AvgIpc) is 3.36. The molecule has 1 saturated heterocycles. The molecule has 2 aromatic rings. The molecule has 1 aromatic carbocycles. The van der Waals surface area contributed by atoms with Crippen LogP contribution in [0.25, 0.3) is 11.0 Å². The highest BCUT2D eigenvalue weighted by Gasteiger charge is 2.43. The number of hydrogen-bond donors (Lipinski definition) is 0. The highest BCUT2D eigenvalue weighted by atomic mass is 16.4.